The van der Waals surface area contributed by atoms with Gasteiger partial charge < -0.3 is 0 Å². The summed E-state index contributed by atoms with van der Waals surface area (Å²) in [6.07, 6.45) is 1.49. The van der Waals surface area contributed by atoms with Crippen LogP contribution in [0.15, 0.2) is 29.2 Å². The van der Waals surface area contributed by atoms with Gasteiger partial charge in [0.05, 0.1) is 11.6 Å². The lowest BCUT2D eigenvalue weighted by Crippen LogP contribution is -2.55. The van der Waals surface area contributed by atoms with Crippen LogP contribution in [0.5, 0.6) is 0 Å². The number of halogens is 1. The van der Waals surface area contributed by atoms with Crippen LogP contribution in [0.3, 0.4) is 0 Å². The fourth-order valence-electron chi connectivity index (χ4n) is 3.60. The number of nitrogens with zero attached hydrogens (tertiary/aromatic N) is 3. The van der Waals surface area contributed by atoms with E-state index in [1.807, 2.05) is 18.7 Å². The Hall–Kier alpha value is -1.84. The molecule has 0 aliphatic carbocycles. The van der Waals surface area contributed by atoms with Crippen LogP contribution in [0.2, 0.25) is 0 Å². The minimum absolute atomic E-state index is 0.0580. The monoisotopic (exact) mass is 411 g/mol. The maximum Gasteiger partial charge on any atom is 0.243 e. The summed E-state index contributed by atoms with van der Waals surface area (Å²) in [4.78, 5) is 28.1. The first-order valence-electron chi connectivity index (χ1n) is 9.46. The molecule has 2 saturated heterocycles. The van der Waals surface area contributed by atoms with Crippen LogP contribution < -0.4 is 0 Å². The van der Waals surface area contributed by atoms with Crippen molar-refractivity contribution >= 4 is 21.8 Å². The molecule has 2 aliphatic heterocycles. The molecule has 0 N–H and O–H groups in total. The number of carbonyl (C=O) groups excluding carboxylic acids is 2. The van der Waals surface area contributed by atoms with E-state index in [0.29, 0.717) is 25.9 Å². The van der Waals surface area contributed by atoms with Gasteiger partial charge in [-0.1, -0.05) is 13.8 Å². The van der Waals surface area contributed by atoms with E-state index in [1.165, 1.54) is 21.3 Å². The molecule has 0 saturated carbocycles. The van der Waals surface area contributed by atoms with E-state index in [9.17, 15) is 22.4 Å². The molecule has 154 valence electrons. The molecule has 0 unspecified atom stereocenters. The Labute approximate surface area is 165 Å². The normalized spacial score (nSPS) is 21.9. The van der Waals surface area contributed by atoms with E-state index in [-0.39, 0.29) is 41.9 Å². The number of rotatable bonds is 5. The average molecular weight is 411 g/mol. The highest BCUT2D eigenvalue weighted by Gasteiger charge is 2.40. The summed E-state index contributed by atoms with van der Waals surface area (Å²) < 4.78 is 39.7. The van der Waals surface area contributed by atoms with Crippen LogP contribution in [-0.2, 0) is 19.6 Å². The quantitative estimate of drug-likeness (QED) is 0.689. The molecule has 28 heavy (non-hydrogen) atoms. The number of carbonyl (C=O) groups is 2. The molecule has 1 aromatic carbocycles. The summed E-state index contributed by atoms with van der Waals surface area (Å²) in [7, 11) is -3.68. The lowest BCUT2D eigenvalue weighted by molar-refractivity contribution is -0.156. The second-order valence-electron chi connectivity index (χ2n) is 7.85. The van der Waals surface area contributed by atoms with E-state index in [0.717, 1.165) is 18.6 Å². The molecule has 0 aromatic heterocycles. The molecule has 2 fully saturated rings. The average Bonchev–Trinajstić information content (AvgIpc) is 2.65. The SMILES string of the molecule is CCC1(C)CC(=O)N(CN2CCN(S(=O)(=O)c3ccc(F)cc3)CC2)C(=O)C1. The van der Waals surface area contributed by atoms with Crippen molar-refractivity contribution < 1.29 is 22.4 Å². The zero-order valence-electron chi connectivity index (χ0n) is 16.2. The van der Waals surface area contributed by atoms with Gasteiger partial charge >= 0.3 is 0 Å². The van der Waals surface area contributed by atoms with Gasteiger partial charge in [0.2, 0.25) is 21.8 Å². The standard InChI is InChI=1S/C19H26FN3O4S/c1-3-19(2)12-17(24)23(18(25)13-19)14-21-8-10-22(11-9-21)28(26,27)16-6-4-15(20)5-7-16/h4-7H,3,8-14H2,1-2H3. The molecular weight excluding hydrogens is 385 g/mol. The van der Waals surface area contributed by atoms with Crippen molar-refractivity contribution in [3.05, 3.63) is 30.1 Å². The Balaban J connectivity index is 1.59. The molecule has 2 aliphatic rings. The van der Waals surface area contributed by atoms with Gasteiger partial charge in [-0.25, -0.2) is 12.8 Å². The van der Waals surface area contributed by atoms with Gasteiger partial charge in [-0.05, 0) is 36.1 Å². The molecular formula is C19H26FN3O4S. The molecule has 1 aromatic rings. The van der Waals surface area contributed by atoms with E-state index in [4.69, 9.17) is 0 Å². The van der Waals surface area contributed by atoms with Gasteiger partial charge in [0, 0.05) is 39.0 Å². The summed E-state index contributed by atoms with van der Waals surface area (Å²) in [5, 5.41) is 0. The molecule has 0 bridgehead atoms. The van der Waals surface area contributed by atoms with E-state index < -0.39 is 15.8 Å². The van der Waals surface area contributed by atoms with Crippen molar-refractivity contribution in [3.63, 3.8) is 0 Å². The van der Waals surface area contributed by atoms with E-state index >= 15 is 0 Å². The third-order valence-corrected chi connectivity index (χ3v) is 7.65. The van der Waals surface area contributed by atoms with Crippen LogP contribution >= 0.6 is 0 Å². The first kappa shape index (κ1) is 20.9. The number of hydrogen-bond donors (Lipinski definition) is 0. The van der Waals surface area contributed by atoms with Crippen LogP contribution in [0.25, 0.3) is 0 Å². The smallest absolute Gasteiger partial charge is 0.243 e. The van der Waals surface area contributed by atoms with E-state index in [1.54, 1.807) is 0 Å². The zero-order valence-corrected chi connectivity index (χ0v) is 17.0. The van der Waals surface area contributed by atoms with Crippen LogP contribution in [0.1, 0.15) is 33.1 Å². The lowest BCUT2D eigenvalue weighted by atomic mass is 9.77. The first-order valence-corrected chi connectivity index (χ1v) is 10.9. The summed E-state index contributed by atoms with van der Waals surface area (Å²) in [5.41, 5.74) is -0.271. The second kappa shape index (κ2) is 7.88. The van der Waals surface area contributed by atoms with Gasteiger partial charge in [0.25, 0.3) is 0 Å². The zero-order chi connectivity index (χ0) is 20.5. The van der Waals surface area contributed by atoms with Gasteiger partial charge in [-0.15, -0.1) is 0 Å². The highest BCUT2D eigenvalue weighted by molar-refractivity contribution is 7.89. The minimum Gasteiger partial charge on any atom is -0.283 e. The summed E-state index contributed by atoms with van der Waals surface area (Å²) in [6.45, 7) is 5.48. The van der Waals surface area contributed by atoms with Crippen molar-refractivity contribution in [3.8, 4) is 0 Å². The van der Waals surface area contributed by atoms with Crippen LogP contribution in [-0.4, -0.2) is 67.2 Å². The number of piperidine rings is 1. The fourth-order valence-corrected chi connectivity index (χ4v) is 5.02. The predicted molar refractivity (Wildman–Crippen MR) is 101 cm³/mol. The number of hydrogen-bond acceptors (Lipinski definition) is 5. The minimum atomic E-state index is -3.68. The maximum atomic E-state index is 13.1. The van der Waals surface area contributed by atoms with Crippen molar-refractivity contribution in [1.29, 1.82) is 0 Å². The Morgan fingerprint density at radius 3 is 2.04 bits per heavy atom. The number of likely N-dealkylation sites (tertiary alicyclic amines) is 1. The Morgan fingerprint density at radius 1 is 1.00 bits per heavy atom. The number of amides is 2. The topological polar surface area (TPSA) is 78.0 Å². The maximum absolute atomic E-state index is 13.1. The number of sulfonamides is 1. The Kier molecular flexibility index (Phi) is 5.88. The largest absolute Gasteiger partial charge is 0.283 e. The summed E-state index contributed by atoms with van der Waals surface area (Å²) in [5.74, 6) is -0.817. The third-order valence-electron chi connectivity index (χ3n) is 5.74. The lowest BCUT2D eigenvalue weighted by Gasteiger charge is -2.40. The predicted octanol–water partition coefficient (Wildman–Crippen LogP) is 1.65. The van der Waals surface area contributed by atoms with Crippen molar-refractivity contribution in [2.24, 2.45) is 5.41 Å². The van der Waals surface area contributed by atoms with Crippen molar-refractivity contribution in [2.45, 2.75) is 38.0 Å². The van der Waals surface area contributed by atoms with E-state index in [2.05, 4.69) is 0 Å². The van der Waals surface area contributed by atoms with Crippen LogP contribution in [0, 0.1) is 11.2 Å². The number of benzene rings is 1. The molecule has 0 atom stereocenters. The molecule has 0 spiro atoms. The van der Waals surface area contributed by atoms with Gasteiger partial charge in [-0.3, -0.25) is 19.4 Å². The van der Waals surface area contributed by atoms with Crippen molar-refractivity contribution in [1.82, 2.24) is 14.1 Å². The Morgan fingerprint density at radius 2 is 1.54 bits per heavy atom. The molecule has 9 heteroatoms. The molecule has 2 heterocycles. The van der Waals surface area contributed by atoms with Gasteiger partial charge in [-0.2, -0.15) is 4.31 Å². The number of piperazine rings is 1. The fraction of sp³-hybridized carbons (Fsp3) is 0.579. The van der Waals surface area contributed by atoms with Crippen molar-refractivity contribution in [2.75, 3.05) is 32.8 Å². The number of imide groups is 1. The molecule has 2 amide bonds. The highest BCUT2D eigenvalue weighted by Crippen LogP contribution is 2.35. The third kappa shape index (κ3) is 4.26. The highest BCUT2D eigenvalue weighted by atomic mass is 32.2. The van der Waals surface area contributed by atoms with Crippen LogP contribution in [0.4, 0.5) is 4.39 Å². The molecule has 0 radical (unpaired) electrons. The second-order valence-corrected chi connectivity index (χ2v) is 9.79. The van der Waals surface area contributed by atoms with Gasteiger partial charge in [0.1, 0.15) is 5.82 Å². The summed E-state index contributed by atoms with van der Waals surface area (Å²) >= 11 is 0. The Bertz CT molecular complexity index is 830. The molecule has 7 nitrogen and oxygen atoms in total. The molecule has 3 rings (SSSR count). The summed E-state index contributed by atoms with van der Waals surface area (Å²) in [6, 6.07) is 4.77. The van der Waals surface area contributed by atoms with Gasteiger partial charge in [0.15, 0.2) is 0 Å². The first-order chi connectivity index (χ1) is 13.1.